The fourth-order valence-corrected chi connectivity index (χ4v) is 2.57. The highest BCUT2D eigenvalue weighted by atomic mass is 19.1. The number of urea groups is 1. The summed E-state index contributed by atoms with van der Waals surface area (Å²) in [6.45, 7) is 2.12. The van der Waals surface area contributed by atoms with Crippen LogP contribution in [0.2, 0.25) is 0 Å². The zero-order valence-electron chi connectivity index (χ0n) is 13.9. The maximum absolute atomic E-state index is 14.0. The lowest BCUT2D eigenvalue weighted by Crippen LogP contribution is -2.44. The SMILES string of the molecule is C[C@@H](c1ccccc1F)N(C(=O)NCCC(=O)N(C)C)C1CC1. The second-order valence-electron chi connectivity index (χ2n) is 6.11. The van der Waals surface area contributed by atoms with E-state index in [1.165, 1.54) is 11.0 Å². The van der Waals surface area contributed by atoms with Crippen molar-refractivity contribution in [2.45, 2.75) is 38.3 Å². The first-order chi connectivity index (χ1) is 10.9. The van der Waals surface area contributed by atoms with Crippen molar-refractivity contribution in [1.29, 1.82) is 0 Å². The maximum Gasteiger partial charge on any atom is 0.318 e. The molecule has 126 valence electrons. The third kappa shape index (κ3) is 4.43. The first-order valence-electron chi connectivity index (χ1n) is 7.92. The quantitative estimate of drug-likeness (QED) is 0.875. The summed E-state index contributed by atoms with van der Waals surface area (Å²) >= 11 is 0. The Morgan fingerprint density at radius 1 is 1.30 bits per heavy atom. The molecular weight excluding hydrogens is 297 g/mol. The molecule has 2 rings (SSSR count). The van der Waals surface area contributed by atoms with Gasteiger partial charge in [-0.2, -0.15) is 0 Å². The lowest BCUT2D eigenvalue weighted by molar-refractivity contribution is -0.128. The van der Waals surface area contributed by atoms with Crippen LogP contribution >= 0.6 is 0 Å². The van der Waals surface area contributed by atoms with Crippen molar-refractivity contribution in [2.24, 2.45) is 0 Å². The van der Waals surface area contributed by atoms with Gasteiger partial charge in [0.25, 0.3) is 0 Å². The molecule has 0 unspecified atom stereocenters. The smallest absolute Gasteiger partial charge is 0.318 e. The highest BCUT2D eigenvalue weighted by molar-refractivity contribution is 5.78. The molecule has 23 heavy (non-hydrogen) atoms. The summed E-state index contributed by atoms with van der Waals surface area (Å²) in [6, 6.07) is 6.09. The average molecular weight is 321 g/mol. The molecule has 0 bridgehead atoms. The summed E-state index contributed by atoms with van der Waals surface area (Å²) in [5.41, 5.74) is 0.513. The van der Waals surface area contributed by atoms with Crippen LogP contribution in [0, 0.1) is 5.82 Å². The number of benzene rings is 1. The van der Waals surface area contributed by atoms with Gasteiger partial charge in [0.15, 0.2) is 0 Å². The fourth-order valence-electron chi connectivity index (χ4n) is 2.57. The zero-order valence-corrected chi connectivity index (χ0v) is 13.9. The molecule has 1 N–H and O–H groups in total. The Morgan fingerprint density at radius 2 is 1.96 bits per heavy atom. The third-order valence-corrected chi connectivity index (χ3v) is 4.06. The minimum absolute atomic E-state index is 0.0366. The van der Waals surface area contributed by atoms with Gasteiger partial charge in [-0.05, 0) is 25.8 Å². The molecule has 0 spiro atoms. The Morgan fingerprint density at radius 3 is 2.52 bits per heavy atom. The van der Waals surface area contributed by atoms with E-state index in [0.29, 0.717) is 5.56 Å². The highest BCUT2D eigenvalue weighted by Gasteiger charge is 2.36. The van der Waals surface area contributed by atoms with Crippen LogP contribution in [0.4, 0.5) is 9.18 Å². The van der Waals surface area contributed by atoms with Gasteiger partial charge in [0, 0.05) is 38.7 Å². The van der Waals surface area contributed by atoms with E-state index in [0.717, 1.165) is 12.8 Å². The summed E-state index contributed by atoms with van der Waals surface area (Å²) < 4.78 is 14.0. The Hall–Kier alpha value is -2.11. The van der Waals surface area contributed by atoms with Gasteiger partial charge in [-0.15, -0.1) is 0 Å². The molecular formula is C17H24FN3O2. The van der Waals surface area contributed by atoms with Gasteiger partial charge in [0.2, 0.25) is 5.91 Å². The zero-order chi connectivity index (χ0) is 17.0. The van der Waals surface area contributed by atoms with Crippen molar-refractivity contribution in [2.75, 3.05) is 20.6 Å². The molecule has 1 aliphatic rings. The first kappa shape index (κ1) is 17.2. The number of nitrogens with one attached hydrogen (secondary N) is 1. The van der Waals surface area contributed by atoms with Crippen LogP contribution in [0.25, 0.3) is 0 Å². The number of halogens is 1. The van der Waals surface area contributed by atoms with E-state index < -0.39 is 0 Å². The van der Waals surface area contributed by atoms with Gasteiger partial charge in [0.1, 0.15) is 5.82 Å². The lowest BCUT2D eigenvalue weighted by atomic mass is 10.1. The number of hydrogen-bond acceptors (Lipinski definition) is 2. The standard InChI is InChI=1S/C17H24FN3O2/c1-12(14-6-4-5-7-15(14)18)21(13-8-9-13)17(23)19-11-10-16(22)20(2)3/h4-7,12-13H,8-11H2,1-3H3,(H,19,23)/t12-/m0/s1. The van der Waals surface area contributed by atoms with Crippen LogP contribution in [0.5, 0.6) is 0 Å². The molecule has 0 heterocycles. The van der Waals surface area contributed by atoms with Crippen molar-refractivity contribution in [1.82, 2.24) is 15.1 Å². The van der Waals surface area contributed by atoms with Gasteiger partial charge in [-0.3, -0.25) is 4.79 Å². The van der Waals surface area contributed by atoms with E-state index in [1.54, 1.807) is 37.2 Å². The minimum atomic E-state index is -0.340. The van der Waals surface area contributed by atoms with Crippen LogP contribution in [0.1, 0.15) is 37.8 Å². The molecule has 6 heteroatoms. The largest absolute Gasteiger partial charge is 0.349 e. The lowest BCUT2D eigenvalue weighted by Gasteiger charge is -2.30. The molecule has 0 saturated heterocycles. The second kappa shape index (κ2) is 7.44. The summed E-state index contributed by atoms with van der Waals surface area (Å²) in [5.74, 6) is -0.341. The van der Waals surface area contributed by atoms with E-state index in [-0.39, 0.29) is 42.8 Å². The van der Waals surface area contributed by atoms with Crippen molar-refractivity contribution >= 4 is 11.9 Å². The number of rotatable bonds is 6. The van der Waals surface area contributed by atoms with Gasteiger partial charge < -0.3 is 15.1 Å². The van der Waals surface area contributed by atoms with Crippen LogP contribution in [-0.4, -0.2) is 48.4 Å². The maximum atomic E-state index is 14.0. The number of hydrogen-bond donors (Lipinski definition) is 1. The van der Waals surface area contributed by atoms with Crippen LogP contribution < -0.4 is 5.32 Å². The summed E-state index contributed by atoms with van der Waals surface area (Å²) in [4.78, 5) is 27.2. The van der Waals surface area contributed by atoms with Crippen molar-refractivity contribution in [3.63, 3.8) is 0 Å². The molecule has 1 atom stereocenters. The molecule has 3 amide bonds. The normalized spacial score (nSPS) is 15.0. The predicted octanol–water partition coefficient (Wildman–Crippen LogP) is 2.54. The molecule has 1 aliphatic carbocycles. The molecule has 1 fully saturated rings. The Kier molecular flexibility index (Phi) is 5.58. The summed E-state index contributed by atoms with van der Waals surface area (Å²) in [7, 11) is 3.36. The van der Waals surface area contributed by atoms with Gasteiger partial charge >= 0.3 is 6.03 Å². The van der Waals surface area contributed by atoms with Crippen molar-refractivity contribution < 1.29 is 14.0 Å². The molecule has 1 aromatic carbocycles. The number of carbonyl (C=O) groups excluding carboxylic acids is 2. The van der Waals surface area contributed by atoms with Crippen LogP contribution in [-0.2, 0) is 4.79 Å². The Balaban J connectivity index is 1.99. The Bertz CT molecular complexity index is 573. The Labute approximate surface area is 136 Å². The minimum Gasteiger partial charge on any atom is -0.349 e. The molecule has 1 aromatic rings. The van der Waals surface area contributed by atoms with E-state index in [1.807, 2.05) is 6.92 Å². The molecule has 5 nitrogen and oxygen atoms in total. The monoisotopic (exact) mass is 321 g/mol. The molecule has 0 aromatic heterocycles. The van der Waals surface area contributed by atoms with Gasteiger partial charge in [-0.1, -0.05) is 18.2 Å². The summed E-state index contributed by atoms with van der Waals surface area (Å²) in [6.07, 6.45) is 2.12. The van der Waals surface area contributed by atoms with Crippen molar-refractivity contribution in [3.05, 3.63) is 35.6 Å². The predicted molar refractivity (Wildman–Crippen MR) is 86.4 cm³/mol. The molecule has 0 radical (unpaired) electrons. The van der Waals surface area contributed by atoms with Crippen LogP contribution in [0.15, 0.2) is 24.3 Å². The van der Waals surface area contributed by atoms with Crippen molar-refractivity contribution in [3.8, 4) is 0 Å². The second-order valence-corrected chi connectivity index (χ2v) is 6.11. The van der Waals surface area contributed by atoms with Crippen LogP contribution in [0.3, 0.4) is 0 Å². The number of amides is 3. The number of nitrogens with zero attached hydrogens (tertiary/aromatic N) is 2. The fraction of sp³-hybridized carbons (Fsp3) is 0.529. The first-order valence-corrected chi connectivity index (χ1v) is 7.92. The third-order valence-electron chi connectivity index (χ3n) is 4.06. The van der Waals surface area contributed by atoms with E-state index in [2.05, 4.69) is 5.32 Å². The topological polar surface area (TPSA) is 52.7 Å². The highest BCUT2D eigenvalue weighted by Crippen LogP contribution is 2.35. The average Bonchev–Trinajstić information content (AvgIpc) is 3.32. The molecule has 0 aliphatic heterocycles. The van der Waals surface area contributed by atoms with E-state index in [4.69, 9.17) is 0 Å². The summed E-state index contributed by atoms with van der Waals surface area (Å²) in [5, 5.41) is 2.78. The van der Waals surface area contributed by atoms with Gasteiger partial charge in [0.05, 0.1) is 6.04 Å². The van der Waals surface area contributed by atoms with Gasteiger partial charge in [-0.25, -0.2) is 9.18 Å². The molecule has 1 saturated carbocycles. The van der Waals surface area contributed by atoms with E-state index in [9.17, 15) is 14.0 Å². The number of carbonyl (C=O) groups is 2. The van der Waals surface area contributed by atoms with E-state index >= 15 is 0 Å².